The van der Waals surface area contributed by atoms with E-state index in [1.807, 2.05) is 53.9 Å². The predicted octanol–water partition coefficient (Wildman–Crippen LogP) is 2.81. The normalized spacial score (nSPS) is 16.8. The lowest BCUT2D eigenvalue weighted by molar-refractivity contribution is -0.117. The van der Waals surface area contributed by atoms with Crippen molar-refractivity contribution in [3.63, 3.8) is 0 Å². The molecule has 0 spiro atoms. The molecular formula is C18H26N6O. The summed E-state index contributed by atoms with van der Waals surface area (Å²) in [5.41, 5.74) is 0.806. The molecule has 7 heteroatoms. The van der Waals surface area contributed by atoms with Gasteiger partial charge in [-0.15, -0.1) is 5.10 Å². The average molecular weight is 342 g/mol. The molecule has 1 N–H and O–H groups in total. The molecule has 1 heterocycles. The van der Waals surface area contributed by atoms with Crippen LogP contribution >= 0.6 is 0 Å². The van der Waals surface area contributed by atoms with Crippen molar-refractivity contribution >= 4 is 11.6 Å². The van der Waals surface area contributed by atoms with Crippen molar-refractivity contribution in [2.75, 3.05) is 18.9 Å². The van der Waals surface area contributed by atoms with E-state index in [9.17, 15) is 4.79 Å². The molecule has 1 aliphatic carbocycles. The van der Waals surface area contributed by atoms with Crippen LogP contribution in [0, 0.1) is 0 Å². The van der Waals surface area contributed by atoms with Crippen LogP contribution in [0.5, 0.6) is 0 Å². The minimum Gasteiger partial charge on any atom is -0.325 e. The fourth-order valence-corrected chi connectivity index (χ4v) is 3.34. The summed E-state index contributed by atoms with van der Waals surface area (Å²) in [5, 5.41) is 15.2. The van der Waals surface area contributed by atoms with E-state index in [-0.39, 0.29) is 18.5 Å². The van der Waals surface area contributed by atoms with Gasteiger partial charge in [-0.3, -0.25) is 9.69 Å². The zero-order valence-electron chi connectivity index (χ0n) is 14.9. The van der Waals surface area contributed by atoms with Crippen LogP contribution in [-0.2, 0) is 4.79 Å². The van der Waals surface area contributed by atoms with Gasteiger partial charge in [0.15, 0.2) is 5.82 Å². The number of tetrazole rings is 1. The van der Waals surface area contributed by atoms with Crippen LogP contribution < -0.4 is 5.32 Å². The standard InChI is InChI=1S/C18H26N6O/c1-14(18-20-21-22-24(18)16-11-7-4-8-12-16)23(2)13-17(25)19-15-9-5-3-6-10-15/h3,5-6,9-10,14,16H,4,7-8,11-13H2,1-2H3,(H,19,25). The predicted molar refractivity (Wildman–Crippen MR) is 96.1 cm³/mol. The van der Waals surface area contributed by atoms with Crippen molar-refractivity contribution in [3.05, 3.63) is 36.2 Å². The molecule has 1 amide bonds. The summed E-state index contributed by atoms with van der Waals surface area (Å²) < 4.78 is 1.97. The summed E-state index contributed by atoms with van der Waals surface area (Å²) in [6.07, 6.45) is 6.01. The Morgan fingerprint density at radius 2 is 2.00 bits per heavy atom. The van der Waals surface area contributed by atoms with Crippen LogP contribution in [-0.4, -0.2) is 44.6 Å². The third kappa shape index (κ3) is 4.42. The summed E-state index contributed by atoms with van der Waals surface area (Å²) >= 11 is 0. The fraction of sp³-hybridized carbons (Fsp3) is 0.556. The maximum atomic E-state index is 12.3. The first-order valence-electron chi connectivity index (χ1n) is 8.98. The first-order chi connectivity index (χ1) is 12.1. The number of hydrogen-bond acceptors (Lipinski definition) is 5. The van der Waals surface area contributed by atoms with Gasteiger partial charge >= 0.3 is 0 Å². The van der Waals surface area contributed by atoms with Crippen molar-refractivity contribution in [1.29, 1.82) is 0 Å². The second-order valence-electron chi connectivity index (χ2n) is 6.78. The van der Waals surface area contributed by atoms with Gasteiger partial charge in [0.1, 0.15) is 0 Å². The van der Waals surface area contributed by atoms with Crippen LogP contribution in [0.25, 0.3) is 0 Å². The van der Waals surface area contributed by atoms with Gasteiger partial charge in [0.2, 0.25) is 5.91 Å². The highest BCUT2D eigenvalue weighted by Crippen LogP contribution is 2.29. The Morgan fingerprint density at radius 1 is 1.28 bits per heavy atom. The topological polar surface area (TPSA) is 75.9 Å². The van der Waals surface area contributed by atoms with Crippen molar-refractivity contribution in [2.24, 2.45) is 0 Å². The maximum absolute atomic E-state index is 12.3. The highest BCUT2D eigenvalue weighted by Gasteiger charge is 2.25. The smallest absolute Gasteiger partial charge is 0.238 e. The Morgan fingerprint density at radius 3 is 2.72 bits per heavy atom. The van der Waals surface area contributed by atoms with Crippen molar-refractivity contribution in [2.45, 2.75) is 51.1 Å². The molecule has 1 aromatic heterocycles. The minimum atomic E-state index is -0.0442. The second kappa shape index (κ2) is 8.20. The van der Waals surface area contributed by atoms with Gasteiger partial charge in [-0.05, 0) is 49.4 Å². The lowest BCUT2D eigenvalue weighted by Crippen LogP contribution is -2.34. The van der Waals surface area contributed by atoms with Crippen LogP contribution in [0.3, 0.4) is 0 Å². The summed E-state index contributed by atoms with van der Waals surface area (Å²) in [4.78, 5) is 14.2. The van der Waals surface area contributed by atoms with Gasteiger partial charge in [-0.2, -0.15) is 0 Å². The van der Waals surface area contributed by atoms with Gasteiger partial charge in [0, 0.05) is 5.69 Å². The Hall–Kier alpha value is -2.28. The maximum Gasteiger partial charge on any atom is 0.238 e. The van der Waals surface area contributed by atoms with E-state index >= 15 is 0 Å². The molecule has 1 fully saturated rings. The van der Waals surface area contributed by atoms with Crippen LogP contribution in [0.15, 0.2) is 30.3 Å². The largest absolute Gasteiger partial charge is 0.325 e. The molecule has 1 aromatic carbocycles. The molecule has 134 valence electrons. The van der Waals surface area contributed by atoms with Crippen molar-refractivity contribution in [1.82, 2.24) is 25.1 Å². The lowest BCUT2D eigenvalue weighted by atomic mass is 9.95. The van der Waals surface area contributed by atoms with Gasteiger partial charge in [0.05, 0.1) is 18.6 Å². The average Bonchev–Trinajstić information content (AvgIpc) is 3.12. The monoisotopic (exact) mass is 342 g/mol. The molecule has 1 aliphatic rings. The molecule has 1 atom stereocenters. The lowest BCUT2D eigenvalue weighted by Gasteiger charge is -2.27. The fourth-order valence-electron chi connectivity index (χ4n) is 3.34. The first-order valence-corrected chi connectivity index (χ1v) is 8.98. The highest BCUT2D eigenvalue weighted by molar-refractivity contribution is 5.92. The number of anilines is 1. The Bertz CT molecular complexity index is 680. The van der Waals surface area contributed by atoms with E-state index in [2.05, 4.69) is 20.8 Å². The van der Waals surface area contributed by atoms with E-state index in [4.69, 9.17) is 0 Å². The SMILES string of the molecule is CC(c1nnnn1C1CCCCC1)N(C)CC(=O)Nc1ccccc1. The molecule has 0 aliphatic heterocycles. The molecule has 0 bridgehead atoms. The molecule has 1 unspecified atom stereocenters. The number of carbonyl (C=O) groups excluding carboxylic acids is 1. The van der Waals surface area contributed by atoms with E-state index in [1.165, 1.54) is 19.3 Å². The quantitative estimate of drug-likeness (QED) is 0.873. The van der Waals surface area contributed by atoms with E-state index in [0.29, 0.717) is 6.04 Å². The number of benzene rings is 1. The summed E-state index contributed by atoms with van der Waals surface area (Å²) in [7, 11) is 1.93. The number of likely N-dealkylation sites (N-methyl/N-ethyl adjacent to an activating group) is 1. The third-order valence-corrected chi connectivity index (χ3v) is 4.92. The molecule has 1 saturated carbocycles. The Balaban J connectivity index is 1.61. The van der Waals surface area contributed by atoms with Gasteiger partial charge in [-0.1, -0.05) is 37.5 Å². The summed E-state index contributed by atoms with van der Waals surface area (Å²) in [5.74, 6) is 0.791. The molecule has 0 saturated heterocycles. The molecule has 25 heavy (non-hydrogen) atoms. The molecule has 0 radical (unpaired) electrons. The number of rotatable bonds is 6. The number of amides is 1. The molecule has 2 aromatic rings. The number of nitrogens with zero attached hydrogens (tertiary/aromatic N) is 5. The van der Waals surface area contributed by atoms with Crippen molar-refractivity contribution in [3.8, 4) is 0 Å². The van der Waals surface area contributed by atoms with Crippen molar-refractivity contribution < 1.29 is 4.79 Å². The van der Waals surface area contributed by atoms with Crippen LogP contribution in [0.2, 0.25) is 0 Å². The number of hydrogen-bond donors (Lipinski definition) is 1. The Labute approximate surface area is 148 Å². The van der Waals surface area contributed by atoms with E-state index in [1.54, 1.807) is 0 Å². The first kappa shape index (κ1) is 17.5. The Kier molecular flexibility index (Phi) is 5.75. The molecular weight excluding hydrogens is 316 g/mol. The van der Waals surface area contributed by atoms with Crippen LogP contribution in [0.4, 0.5) is 5.69 Å². The number of carbonyl (C=O) groups is 1. The zero-order chi connectivity index (χ0) is 17.6. The number of aromatic nitrogens is 4. The molecule has 7 nitrogen and oxygen atoms in total. The number of nitrogens with one attached hydrogen (secondary N) is 1. The minimum absolute atomic E-state index is 0.0292. The molecule has 3 rings (SSSR count). The highest BCUT2D eigenvalue weighted by atomic mass is 16.2. The van der Waals surface area contributed by atoms with E-state index in [0.717, 1.165) is 24.4 Å². The summed E-state index contributed by atoms with van der Waals surface area (Å²) in [6, 6.07) is 9.84. The van der Waals surface area contributed by atoms with E-state index < -0.39 is 0 Å². The second-order valence-corrected chi connectivity index (χ2v) is 6.78. The van der Waals surface area contributed by atoms with Gasteiger partial charge < -0.3 is 5.32 Å². The number of para-hydroxylation sites is 1. The van der Waals surface area contributed by atoms with Gasteiger partial charge in [-0.25, -0.2) is 4.68 Å². The third-order valence-electron chi connectivity index (χ3n) is 4.92. The summed E-state index contributed by atoms with van der Waals surface area (Å²) in [6.45, 7) is 2.33. The van der Waals surface area contributed by atoms with Crippen LogP contribution in [0.1, 0.15) is 56.9 Å². The van der Waals surface area contributed by atoms with Gasteiger partial charge in [0.25, 0.3) is 0 Å². The zero-order valence-corrected chi connectivity index (χ0v) is 14.9.